The molecule has 1 unspecified atom stereocenters. The Kier molecular flexibility index (Phi) is 4.16. The predicted molar refractivity (Wildman–Crippen MR) is 73.2 cm³/mol. The van der Waals surface area contributed by atoms with E-state index in [1.165, 1.54) is 0 Å². The molecule has 1 saturated heterocycles. The van der Waals surface area contributed by atoms with E-state index in [2.05, 4.69) is 0 Å². The first-order valence-electron chi connectivity index (χ1n) is 6.08. The zero-order valence-electron chi connectivity index (χ0n) is 10.3. The highest BCUT2D eigenvalue weighted by Crippen LogP contribution is 2.36. The molecule has 0 aliphatic carbocycles. The lowest BCUT2D eigenvalue weighted by molar-refractivity contribution is -0.140. The maximum Gasteiger partial charge on any atom is 0.311 e. The second-order valence-electron chi connectivity index (χ2n) is 4.83. The average molecular weight is 303 g/mol. The van der Waals surface area contributed by atoms with Gasteiger partial charge in [-0.3, -0.25) is 4.79 Å². The normalized spacial score (nSPS) is 20.9. The lowest BCUT2D eigenvalue weighted by Crippen LogP contribution is -2.30. The van der Waals surface area contributed by atoms with Gasteiger partial charge in [0.2, 0.25) is 0 Å². The van der Waals surface area contributed by atoms with Crippen molar-refractivity contribution < 1.29 is 18.3 Å². The number of benzene rings is 1. The van der Waals surface area contributed by atoms with Crippen LogP contribution in [0.15, 0.2) is 24.3 Å². The summed E-state index contributed by atoms with van der Waals surface area (Å²) in [6.07, 6.45) is 0.759. The summed E-state index contributed by atoms with van der Waals surface area (Å²) in [5.74, 6) is -1.74. The molecule has 1 N–H and O–H groups in total. The topological polar surface area (TPSA) is 71.4 Å². The maximum absolute atomic E-state index is 11.5. The molecule has 1 atom stereocenters. The molecule has 1 fully saturated rings. The fourth-order valence-corrected chi connectivity index (χ4v) is 4.34. The van der Waals surface area contributed by atoms with Gasteiger partial charge in [-0.2, -0.15) is 0 Å². The number of rotatable bonds is 3. The van der Waals surface area contributed by atoms with Gasteiger partial charge in [-0.1, -0.05) is 29.8 Å². The first-order chi connectivity index (χ1) is 8.91. The molecule has 0 amide bonds. The van der Waals surface area contributed by atoms with Crippen molar-refractivity contribution in [2.45, 2.75) is 18.8 Å². The molecule has 0 radical (unpaired) electrons. The van der Waals surface area contributed by atoms with Gasteiger partial charge in [0.1, 0.15) is 9.84 Å². The quantitative estimate of drug-likeness (QED) is 0.930. The van der Waals surface area contributed by atoms with Gasteiger partial charge >= 0.3 is 5.97 Å². The van der Waals surface area contributed by atoms with Crippen molar-refractivity contribution >= 4 is 27.4 Å². The third-order valence-corrected chi connectivity index (χ3v) is 5.64. The average Bonchev–Trinajstić information content (AvgIpc) is 2.33. The minimum atomic E-state index is -2.99. The molecule has 0 bridgehead atoms. The minimum absolute atomic E-state index is 0.0614. The number of carbonyl (C=O) groups is 1. The van der Waals surface area contributed by atoms with E-state index in [-0.39, 0.29) is 17.4 Å². The highest BCUT2D eigenvalue weighted by molar-refractivity contribution is 7.91. The minimum Gasteiger partial charge on any atom is -0.481 e. The number of carboxylic acids is 1. The first kappa shape index (κ1) is 14.3. The van der Waals surface area contributed by atoms with Gasteiger partial charge in [0, 0.05) is 5.02 Å². The van der Waals surface area contributed by atoms with Gasteiger partial charge in [0.25, 0.3) is 0 Å². The molecule has 4 nitrogen and oxygen atoms in total. The Hall–Kier alpha value is -1.07. The summed E-state index contributed by atoms with van der Waals surface area (Å²) < 4.78 is 22.8. The van der Waals surface area contributed by atoms with Crippen molar-refractivity contribution in [2.75, 3.05) is 11.5 Å². The summed E-state index contributed by atoms with van der Waals surface area (Å²) in [5, 5.41) is 9.85. The molecule has 1 aliphatic heterocycles. The van der Waals surface area contributed by atoms with Crippen LogP contribution in [-0.4, -0.2) is 31.0 Å². The second-order valence-corrected chi connectivity index (χ2v) is 7.54. The molecular formula is C13H15ClO4S. The van der Waals surface area contributed by atoms with E-state index < -0.39 is 21.7 Å². The van der Waals surface area contributed by atoms with Gasteiger partial charge < -0.3 is 5.11 Å². The largest absolute Gasteiger partial charge is 0.481 e. The van der Waals surface area contributed by atoms with Crippen LogP contribution < -0.4 is 0 Å². The van der Waals surface area contributed by atoms with Crippen LogP contribution in [-0.2, 0) is 14.6 Å². The van der Waals surface area contributed by atoms with Crippen molar-refractivity contribution in [2.24, 2.45) is 5.92 Å². The van der Waals surface area contributed by atoms with Gasteiger partial charge in [0.15, 0.2) is 0 Å². The Morgan fingerprint density at radius 3 is 2.37 bits per heavy atom. The molecule has 0 aromatic heterocycles. The summed E-state index contributed by atoms with van der Waals surface area (Å²) in [6.45, 7) is 0. The van der Waals surface area contributed by atoms with Crippen molar-refractivity contribution in [3.05, 3.63) is 34.9 Å². The van der Waals surface area contributed by atoms with Gasteiger partial charge in [0.05, 0.1) is 17.4 Å². The van der Waals surface area contributed by atoms with Crippen LogP contribution in [0.25, 0.3) is 0 Å². The SMILES string of the molecule is O=C(O)C(c1ccccc1Cl)C1CCS(=O)(=O)CC1. The number of halogens is 1. The molecule has 1 aliphatic rings. The highest BCUT2D eigenvalue weighted by atomic mass is 35.5. The third-order valence-electron chi connectivity index (χ3n) is 3.58. The zero-order chi connectivity index (χ0) is 14.0. The van der Waals surface area contributed by atoms with Crippen LogP contribution >= 0.6 is 11.6 Å². The smallest absolute Gasteiger partial charge is 0.311 e. The van der Waals surface area contributed by atoms with Crippen molar-refractivity contribution in [1.29, 1.82) is 0 Å². The fraction of sp³-hybridized carbons (Fsp3) is 0.462. The Morgan fingerprint density at radius 1 is 1.26 bits per heavy atom. The lowest BCUT2D eigenvalue weighted by atomic mass is 9.82. The summed E-state index contributed by atoms with van der Waals surface area (Å²) in [4.78, 5) is 11.5. The molecule has 19 heavy (non-hydrogen) atoms. The number of sulfone groups is 1. The van der Waals surface area contributed by atoms with Crippen molar-refractivity contribution in [3.8, 4) is 0 Å². The third kappa shape index (κ3) is 3.28. The highest BCUT2D eigenvalue weighted by Gasteiger charge is 2.35. The lowest BCUT2D eigenvalue weighted by Gasteiger charge is -2.28. The maximum atomic E-state index is 11.5. The van der Waals surface area contributed by atoms with E-state index >= 15 is 0 Å². The van der Waals surface area contributed by atoms with Gasteiger partial charge in [-0.05, 0) is 30.4 Å². The number of aliphatic carboxylic acids is 1. The van der Waals surface area contributed by atoms with Crippen LogP contribution in [0.2, 0.25) is 5.02 Å². The van der Waals surface area contributed by atoms with Crippen LogP contribution in [0, 0.1) is 5.92 Å². The number of hydrogen-bond donors (Lipinski definition) is 1. The van der Waals surface area contributed by atoms with Crippen LogP contribution in [0.1, 0.15) is 24.3 Å². The zero-order valence-corrected chi connectivity index (χ0v) is 11.8. The predicted octanol–water partition coefficient (Wildman–Crippen LogP) is 2.33. The summed E-state index contributed by atoms with van der Waals surface area (Å²) in [6, 6.07) is 6.85. The summed E-state index contributed by atoms with van der Waals surface area (Å²) in [5.41, 5.74) is 0.570. The second kappa shape index (κ2) is 5.51. The molecular weight excluding hydrogens is 288 g/mol. The molecule has 0 saturated carbocycles. The van der Waals surface area contributed by atoms with Crippen molar-refractivity contribution in [3.63, 3.8) is 0 Å². The summed E-state index contributed by atoms with van der Waals surface area (Å²) in [7, 11) is -2.99. The molecule has 1 heterocycles. The van der Waals surface area contributed by atoms with E-state index in [1.807, 2.05) is 0 Å². The van der Waals surface area contributed by atoms with Crippen molar-refractivity contribution in [1.82, 2.24) is 0 Å². The van der Waals surface area contributed by atoms with Crippen LogP contribution in [0.4, 0.5) is 0 Å². The summed E-state index contributed by atoms with van der Waals surface area (Å²) >= 11 is 6.06. The van der Waals surface area contributed by atoms with Crippen LogP contribution in [0.5, 0.6) is 0 Å². The van der Waals surface area contributed by atoms with Crippen LogP contribution in [0.3, 0.4) is 0 Å². The Labute approximate surface area is 117 Å². The first-order valence-corrected chi connectivity index (χ1v) is 8.28. The Balaban J connectivity index is 2.28. The molecule has 2 rings (SSSR count). The van der Waals surface area contributed by atoms with Gasteiger partial charge in [-0.25, -0.2) is 8.42 Å². The monoisotopic (exact) mass is 302 g/mol. The number of carboxylic acid groups (broad SMARTS) is 1. The van der Waals surface area contributed by atoms with E-state index in [0.29, 0.717) is 23.4 Å². The molecule has 0 spiro atoms. The van der Waals surface area contributed by atoms with Gasteiger partial charge in [-0.15, -0.1) is 0 Å². The standard InChI is InChI=1S/C13H15ClO4S/c14-11-4-2-1-3-10(11)12(13(15)16)9-5-7-19(17,18)8-6-9/h1-4,9,12H,5-8H2,(H,15,16). The van der Waals surface area contributed by atoms with E-state index in [9.17, 15) is 18.3 Å². The Morgan fingerprint density at radius 2 is 1.84 bits per heavy atom. The molecule has 6 heteroatoms. The Bertz CT molecular complexity index is 568. The molecule has 104 valence electrons. The molecule has 1 aromatic rings. The fourth-order valence-electron chi connectivity index (χ4n) is 2.56. The van der Waals surface area contributed by atoms with E-state index in [0.717, 1.165) is 0 Å². The van der Waals surface area contributed by atoms with E-state index in [1.54, 1.807) is 24.3 Å². The molecule has 1 aromatic carbocycles. The number of hydrogen-bond acceptors (Lipinski definition) is 3. The van der Waals surface area contributed by atoms with E-state index in [4.69, 9.17) is 11.6 Å².